The average Bonchev–Trinajstić information content (AvgIpc) is 2.43. The fourth-order valence-electron chi connectivity index (χ4n) is 1.43. The van der Waals surface area contributed by atoms with Crippen LogP contribution in [0.3, 0.4) is 0 Å². The van der Waals surface area contributed by atoms with Gasteiger partial charge in [0, 0.05) is 5.02 Å². The maximum Gasteiger partial charge on any atom is 0.181 e. The zero-order chi connectivity index (χ0) is 17.7. The number of nitrogens with two attached hydrogens (primary N) is 1. The molecule has 130 valence electrons. The molecular weight excluding hydrogens is 364 g/mol. The Hall–Kier alpha value is -1.32. The first-order valence-corrected chi connectivity index (χ1v) is 10.4. The molecule has 0 aliphatic carbocycles. The number of hydrogen-bond donors (Lipinski definition) is 1. The molecule has 0 radical (unpaired) electrons. The zero-order valence-electron chi connectivity index (χ0n) is 12.8. The van der Waals surface area contributed by atoms with Crippen LogP contribution in [0.2, 0.25) is 5.02 Å². The molecule has 23 heavy (non-hydrogen) atoms. The molecule has 0 heterocycles. The minimum Gasteiger partial charge on any atom is -0.393 e. The zero-order valence-corrected chi connectivity index (χ0v) is 15.2. The van der Waals surface area contributed by atoms with Crippen LogP contribution in [0.1, 0.15) is 13.8 Å². The molecule has 0 spiro atoms. The number of sulfone groups is 2. The quantitative estimate of drug-likeness (QED) is 0.313. The van der Waals surface area contributed by atoms with Crippen LogP contribution in [0.15, 0.2) is 34.3 Å². The maximum atomic E-state index is 12.0. The molecule has 7 nitrogen and oxygen atoms in total. The van der Waals surface area contributed by atoms with Crippen molar-refractivity contribution < 1.29 is 21.7 Å². The van der Waals surface area contributed by atoms with Crippen LogP contribution in [0.25, 0.3) is 0 Å². The number of amidine groups is 1. The van der Waals surface area contributed by atoms with Gasteiger partial charge in [-0.3, -0.25) is 0 Å². The monoisotopic (exact) mass is 382 g/mol. The van der Waals surface area contributed by atoms with Gasteiger partial charge in [0.15, 0.2) is 25.5 Å². The topological polar surface area (TPSA) is 116 Å². The van der Waals surface area contributed by atoms with Gasteiger partial charge < -0.3 is 10.6 Å². The lowest BCUT2D eigenvalue weighted by atomic mass is 10.4. The van der Waals surface area contributed by atoms with E-state index in [4.69, 9.17) is 22.2 Å². The molecule has 0 amide bonds. The lowest BCUT2D eigenvalue weighted by Gasteiger charge is -2.07. The van der Waals surface area contributed by atoms with E-state index in [0.717, 1.165) is 0 Å². The van der Waals surface area contributed by atoms with Crippen molar-refractivity contribution in [1.82, 2.24) is 0 Å². The first-order valence-electron chi connectivity index (χ1n) is 6.69. The Morgan fingerprint density at radius 1 is 1.22 bits per heavy atom. The Labute approximate surface area is 141 Å². The third-order valence-corrected chi connectivity index (χ3v) is 6.95. The van der Waals surface area contributed by atoms with Gasteiger partial charge in [-0.25, -0.2) is 16.8 Å². The largest absolute Gasteiger partial charge is 0.393 e. The van der Waals surface area contributed by atoms with E-state index >= 15 is 0 Å². The Balaban J connectivity index is 2.56. The average molecular weight is 383 g/mol. The van der Waals surface area contributed by atoms with Gasteiger partial charge in [-0.05, 0) is 38.1 Å². The highest BCUT2D eigenvalue weighted by atomic mass is 35.5. The second kappa shape index (κ2) is 7.98. The van der Waals surface area contributed by atoms with Gasteiger partial charge in [-0.15, -0.1) is 0 Å². The molecule has 1 aromatic rings. The molecule has 0 bridgehead atoms. The van der Waals surface area contributed by atoms with Crippen LogP contribution in [0, 0.1) is 0 Å². The van der Waals surface area contributed by atoms with Crippen LogP contribution in [0.5, 0.6) is 0 Å². The second-order valence-corrected chi connectivity index (χ2v) is 10.1. The summed E-state index contributed by atoms with van der Waals surface area (Å²) in [5.74, 6) is -0.973. The van der Waals surface area contributed by atoms with Gasteiger partial charge >= 0.3 is 0 Å². The van der Waals surface area contributed by atoms with Crippen LogP contribution in [-0.4, -0.2) is 46.0 Å². The van der Waals surface area contributed by atoms with Crippen molar-refractivity contribution in [3.05, 3.63) is 29.3 Å². The van der Waals surface area contributed by atoms with Crippen molar-refractivity contribution in [2.75, 3.05) is 18.1 Å². The maximum absolute atomic E-state index is 12.0. The molecule has 10 heteroatoms. The predicted molar refractivity (Wildman–Crippen MR) is 90.0 cm³/mol. The van der Waals surface area contributed by atoms with Crippen molar-refractivity contribution in [1.29, 1.82) is 0 Å². The fraction of sp³-hybridized carbons (Fsp3) is 0.462. The Morgan fingerprint density at radius 2 is 1.78 bits per heavy atom. The van der Waals surface area contributed by atoms with Crippen molar-refractivity contribution in [3.8, 4) is 0 Å². The smallest absolute Gasteiger partial charge is 0.181 e. The molecule has 2 N–H and O–H groups in total. The summed E-state index contributed by atoms with van der Waals surface area (Å²) >= 11 is 5.70. The number of benzene rings is 1. The Kier molecular flexibility index (Phi) is 6.84. The first-order chi connectivity index (χ1) is 10.5. The van der Waals surface area contributed by atoms with Gasteiger partial charge in [0.1, 0.15) is 12.4 Å². The van der Waals surface area contributed by atoms with E-state index in [-0.39, 0.29) is 23.1 Å². The van der Waals surface area contributed by atoms with E-state index in [1.54, 1.807) is 0 Å². The van der Waals surface area contributed by atoms with E-state index in [1.165, 1.54) is 38.1 Å². The highest BCUT2D eigenvalue weighted by molar-refractivity contribution is 7.92. The van der Waals surface area contributed by atoms with E-state index in [0.29, 0.717) is 5.02 Å². The van der Waals surface area contributed by atoms with Crippen molar-refractivity contribution in [3.63, 3.8) is 0 Å². The summed E-state index contributed by atoms with van der Waals surface area (Å²) in [6.07, 6.45) is 0. The third-order valence-electron chi connectivity index (χ3n) is 2.87. The molecule has 0 aliphatic rings. The molecular formula is C13H19ClN2O5S2. The molecule has 0 aliphatic heterocycles. The highest BCUT2D eigenvalue weighted by Crippen LogP contribution is 2.15. The predicted octanol–water partition coefficient (Wildman–Crippen LogP) is 1.23. The van der Waals surface area contributed by atoms with E-state index < -0.39 is 30.7 Å². The molecule has 0 fully saturated rings. The Bertz CT molecular complexity index is 756. The summed E-state index contributed by atoms with van der Waals surface area (Å²) in [7, 11) is -6.91. The summed E-state index contributed by atoms with van der Waals surface area (Å²) in [4.78, 5) is 4.91. The van der Waals surface area contributed by atoms with Crippen LogP contribution >= 0.6 is 11.6 Å². The molecule has 1 aromatic carbocycles. The van der Waals surface area contributed by atoms with Gasteiger partial charge in [-0.2, -0.15) is 0 Å². The number of rotatable bonds is 8. The second-order valence-electron chi connectivity index (χ2n) is 5.04. The number of oxime groups is 1. The van der Waals surface area contributed by atoms with Crippen LogP contribution in [0.4, 0.5) is 0 Å². The number of nitrogens with zero attached hydrogens (tertiary/aromatic N) is 1. The summed E-state index contributed by atoms with van der Waals surface area (Å²) in [6, 6.07) is 5.74. The molecule has 1 rings (SSSR count). The molecule has 0 atom stereocenters. The van der Waals surface area contributed by atoms with Gasteiger partial charge in [-0.1, -0.05) is 16.8 Å². The summed E-state index contributed by atoms with van der Waals surface area (Å²) in [5.41, 5.74) is 5.46. The minimum atomic E-state index is -3.54. The Morgan fingerprint density at radius 3 is 2.30 bits per heavy atom. The number of hydrogen-bond acceptors (Lipinski definition) is 6. The molecule has 0 unspecified atom stereocenters. The summed E-state index contributed by atoms with van der Waals surface area (Å²) in [5, 5.41) is 3.28. The normalized spacial score (nSPS) is 13.3. The number of halogens is 1. The lowest BCUT2D eigenvalue weighted by molar-refractivity contribution is 0.159. The highest BCUT2D eigenvalue weighted by Gasteiger charge is 2.18. The minimum absolute atomic E-state index is 0.116. The van der Waals surface area contributed by atoms with E-state index in [1.807, 2.05) is 0 Å². The standard InChI is InChI=1S/C13H19ClN2O5S2/c1-10(2)23(19,20)9-13(15)16-21-7-8-22(17,18)12-5-3-11(14)4-6-12/h3-6,10H,7-9H2,1-2H3,(H2,15,16). The van der Waals surface area contributed by atoms with Gasteiger partial charge in [0.2, 0.25) is 0 Å². The third kappa shape index (κ3) is 6.36. The molecule has 0 saturated carbocycles. The van der Waals surface area contributed by atoms with Crippen LogP contribution in [-0.2, 0) is 24.5 Å². The van der Waals surface area contributed by atoms with Crippen molar-refractivity contribution >= 4 is 37.1 Å². The summed E-state index contributed by atoms with van der Waals surface area (Å²) in [6.45, 7) is 2.82. The first kappa shape index (κ1) is 19.7. The lowest BCUT2D eigenvalue weighted by Crippen LogP contribution is -2.29. The van der Waals surface area contributed by atoms with Crippen molar-refractivity contribution in [2.24, 2.45) is 10.9 Å². The molecule has 0 saturated heterocycles. The van der Waals surface area contributed by atoms with Gasteiger partial charge in [0.05, 0.1) is 15.9 Å². The van der Waals surface area contributed by atoms with Crippen molar-refractivity contribution in [2.45, 2.75) is 24.0 Å². The fourth-order valence-corrected chi connectivity index (χ4v) is 3.44. The molecule has 0 aromatic heterocycles. The SMILES string of the molecule is CC(C)S(=O)(=O)C/C(N)=N/OCCS(=O)(=O)c1ccc(Cl)cc1. The van der Waals surface area contributed by atoms with Crippen LogP contribution < -0.4 is 5.73 Å². The summed E-state index contributed by atoms with van der Waals surface area (Å²) < 4.78 is 47.3. The van der Waals surface area contributed by atoms with Gasteiger partial charge in [0.25, 0.3) is 0 Å². The van der Waals surface area contributed by atoms with E-state index in [2.05, 4.69) is 5.16 Å². The van der Waals surface area contributed by atoms with E-state index in [9.17, 15) is 16.8 Å².